The lowest BCUT2D eigenvalue weighted by Gasteiger charge is -2.34. The highest BCUT2D eigenvalue weighted by Crippen LogP contribution is 2.18. The van der Waals surface area contributed by atoms with E-state index in [0.29, 0.717) is 30.9 Å². The maximum Gasteiger partial charge on any atom is 0.246 e. The summed E-state index contributed by atoms with van der Waals surface area (Å²) in [6.45, 7) is 6.63. The Labute approximate surface area is 158 Å². The predicted molar refractivity (Wildman–Crippen MR) is 102 cm³/mol. The van der Waals surface area contributed by atoms with Gasteiger partial charge in [0.2, 0.25) is 11.8 Å². The Morgan fingerprint density at radius 3 is 2.41 bits per heavy atom. The third-order valence-corrected chi connectivity index (χ3v) is 4.91. The van der Waals surface area contributed by atoms with Crippen LogP contribution in [0.15, 0.2) is 30.3 Å². The summed E-state index contributed by atoms with van der Waals surface area (Å²) in [4.78, 5) is 40.0. The zero-order valence-corrected chi connectivity index (χ0v) is 15.9. The molecule has 0 aliphatic carbocycles. The number of benzene rings is 1. The smallest absolute Gasteiger partial charge is 0.246 e. The van der Waals surface area contributed by atoms with Gasteiger partial charge in [0.15, 0.2) is 5.78 Å². The van der Waals surface area contributed by atoms with Crippen LogP contribution in [0.2, 0.25) is 0 Å². The second-order valence-electron chi connectivity index (χ2n) is 6.77. The molecule has 2 amide bonds. The molecule has 1 fully saturated rings. The molecule has 0 unspecified atom stereocenters. The molecule has 2 heterocycles. The molecule has 3 rings (SSSR count). The van der Waals surface area contributed by atoms with Crippen molar-refractivity contribution in [1.82, 2.24) is 14.7 Å². The number of ketones is 1. The molecule has 2 aromatic rings. The highest BCUT2D eigenvalue weighted by atomic mass is 16.2. The molecule has 0 spiro atoms. The first kappa shape index (κ1) is 18.8. The lowest BCUT2D eigenvalue weighted by atomic mass is 10.1. The van der Waals surface area contributed by atoms with Gasteiger partial charge < -0.3 is 9.80 Å². The summed E-state index contributed by atoms with van der Waals surface area (Å²) in [5.41, 5.74) is 2.93. The van der Waals surface area contributed by atoms with Crippen molar-refractivity contribution in [3.8, 4) is 0 Å². The molecule has 0 atom stereocenters. The number of carbonyl (C=O) groups excluding carboxylic acids is 3. The molecular formula is C20H24N4O3. The lowest BCUT2D eigenvalue weighted by Crippen LogP contribution is -2.52. The topological polar surface area (TPSA) is 75.5 Å². The minimum atomic E-state index is -0.0780. The average Bonchev–Trinajstić information content (AvgIpc) is 2.93. The molecule has 1 saturated heterocycles. The molecule has 7 nitrogen and oxygen atoms in total. The van der Waals surface area contributed by atoms with Gasteiger partial charge in [-0.25, -0.2) is 0 Å². The van der Waals surface area contributed by atoms with E-state index in [4.69, 9.17) is 0 Å². The minimum absolute atomic E-state index is 0.0230. The normalized spacial score (nSPS) is 14.6. The molecule has 0 N–H and O–H groups in total. The maximum absolute atomic E-state index is 12.5. The van der Waals surface area contributed by atoms with Crippen LogP contribution in [-0.4, -0.2) is 51.9 Å². The first-order valence-electron chi connectivity index (χ1n) is 9.06. The summed E-state index contributed by atoms with van der Waals surface area (Å²) in [6, 6.07) is 9.48. The number of hydrogen-bond acceptors (Lipinski definition) is 4. The fourth-order valence-corrected chi connectivity index (χ4v) is 3.55. The van der Waals surface area contributed by atoms with Gasteiger partial charge in [0.1, 0.15) is 6.54 Å². The number of aromatic nitrogens is 2. The van der Waals surface area contributed by atoms with Crippen LogP contribution in [0.5, 0.6) is 0 Å². The maximum atomic E-state index is 12.5. The Kier molecular flexibility index (Phi) is 5.39. The lowest BCUT2D eigenvalue weighted by molar-refractivity contribution is -0.137. The van der Waals surface area contributed by atoms with E-state index in [1.807, 2.05) is 37.3 Å². The van der Waals surface area contributed by atoms with Crippen LogP contribution < -0.4 is 4.90 Å². The Balaban J connectivity index is 1.59. The molecule has 0 saturated carbocycles. The summed E-state index contributed by atoms with van der Waals surface area (Å²) < 4.78 is 1.70. The second kappa shape index (κ2) is 7.73. The van der Waals surface area contributed by atoms with Crippen molar-refractivity contribution in [1.29, 1.82) is 0 Å². The molecule has 0 bridgehead atoms. The zero-order chi connectivity index (χ0) is 19.6. The third kappa shape index (κ3) is 3.92. The number of aryl methyl sites for hydroxylation is 2. The summed E-state index contributed by atoms with van der Waals surface area (Å²) in [5.74, 6) is -0.177. The van der Waals surface area contributed by atoms with E-state index in [0.717, 1.165) is 11.4 Å². The third-order valence-electron chi connectivity index (χ3n) is 4.91. The van der Waals surface area contributed by atoms with Gasteiger partial charge in [0.25, 0.3) is 0 Å². The van der Waals surface area contributed by atoms with E-state index in [9.17, 15) is 14.4 Å². The number of carbonyl (C=O) groups is 3. The molecule has 1 aromatic carbocycles. The molecule has 142 valence electrons. The average molecular weight is 368 g/mol. The van der Waals surface area contributed by atoms with Crippen LogP contribution in [0.4, 0.5) is 5.69 Å². The number of piperazine rings is 1. The zero-order valence-electron chi connectivity index (χ0n) is 15.9. The van der Waals surface area contributed by atoms with Crippen molar-refractivity contribution in [2.75, 3.05) is 24.5 Å². The Bertz CT molecular complexity index is 873. The van der Waals surface area contributed by atoms with Crippen LogP contribution in [0.3, 0.4) is 0 Å². The molecule has 0 radical (unpaired) electrons. The van der Waals surface area contributed by atoms with Crippen molar-refractivity contribution in [2.24, 2.45) is 0 Å². The highest BCUT2D eigenvalue weighted by Gasteiger charge is 2.28. The van der Waals surface area contributed by atoms with Crippen molar-refractivity contribution in [3.63, 3.8) is 0 Å². The Morgan fingerprint density at radius 2 is 1.81 bits per heavy atom. The monoisotopic (exact) mass is 368 g/mol. The summed E-state index contributed by atoms with van der Waals surface area (Å²) >= 11 is 0. The van der Waals surface area contributed by atoms with E-state index in [1.165, 1.54) is 6.92 Å². The number of Topliss-reactive ketones (excluding diaryl/α,β-unsaturated/α-hetero) is 1. The Morgan fingerprint density at radius 1 is 1.11 bits per heavy atom. The van der Waals surface area contributed by atoms with Crippen LogP contribution >= 0.6 is 0 Å². The first-order valence-corrected chi connectivity index (χ1v) is 9.06. The molecule has 7 heteroatoms. The van der Waals surface area contributed by atoms with Crippen molar-refractivity contribution < 1.29 is 14.4 Å². The summed E-state index contributed by atoms with van der Waals surface area (Å²) in [6.07, 6.45) is 0.248. The molecule has 1 aliphatic rings. The highest BCUT2D eigenvalue weighted by molar-refractivity contribution is 5.98. The van der Waals surface area contributed by atoms with Gasteiger partial charge in [0, 0.05) is 37.4 Å². The quantitative estimate of drug-likeness (QED) is 0.756. The van der Waals surface area contributed by atoms with Gasteiger partial charge in [-0.05, 0) is 32.9 Å². The van der Waals surface area contributed by atoms with Gasteiger partial charge in [0.05, 0.1) is 11.3 Å². The van der Waals surface area contributed by atoms with Gasteiger partial charge in [-0.15, -0.1) is 0 Å². The fraction of sp³-hybridized carbons (Fsp3) is 0.400. The standard InChI is InChI=1S/C20H24N4O3/c1-14-20(16(3)25)15(2)24(21-14)10-9-18(26)22-11-12-23(19(27)13-22)17-7-5-4-6-8-17/h4-8H,9-13H2,1-3H3. The summed E-state index contributed by atoms with van der Waals surface area (Å²) in [7, 11) is 0. The number of rotatable bonds is 5. The van der Waals surface area contributed by atoms with E-state index >= 15 is 0 Å². The fourth-order valence-electron chi connectivity index (χ4n) is 3.55. The molecule has 27 heavy (non-hydrogen) atoms. The van der Waals surface area contributed by atoms with Gasteiger partial charge >= 0.3 is 0 Å². The minimum Gasteiger partial charge on any atom is -0.332 e. The predicted octanol–water partition coefficient (Wildman–Crippen LogP) is 1.97. The van der Waals surface area contributed by atoms with Gasteiger partial charge in [-0.1, -0.05) is 18.2 Å². The van der Waals surface area contributed by atoms with Crippen molar-refractivity contribution in [2.45, 2.75) is 33.7 Å². The number of amides is 2. The van der Waals surface area contributed by atoms with Gasteiger partial charge in [-0.3, -0.25) is 19.1 Å². The van der Waals surface area contributed by atoms with Gasteiger partial charge in [-0.2, -0.15) is 5.10 Å². The second-order valence-corrected chi connectivity index (χ2v) is 6.77. The van der Waals surface area contributed by atoms with Crippen LogP contribution in [-0.2, 0) is 16.1 Å². The number of nitrogens with zero attached hydrogens (tertiary/aromatic N) is 4. The largest absolute Gasteiger partial charge is 0.332 e. The van der Waals surface area contributed by atoms with E-state index in [-0.39, 0.29) is 30.6 Å². The van der Waals surface area contributed by atoms with Crippen LogP contribution in [0.25, 0.3) is 0 Å². The van der Waals surface area contributed by atoms with E-state index < -0.39 is 0 Å². The molecular weight excluding hydrogens is 344 g/mol. The molecule has 1 aromatic heterocycles. The van der Waals surface area contributed by atoms with Crippen molar-refractivity contribution >= 4 is 23.3 Å². The molecule has 1 aliphatic heterocycles. The summed E-state index contributed by atoms with van der Waals surface area (Å²) in [5, 5.41) is 4.37. The van der Waals surface area contributed by atoms with Crippen molar-refractivity contribution in [3.05, 3.63) is 47.3 Å². The van der Waals surface area contributed by atoms with E-state index in [1.54, 1.807) is 21.4 Å². The Hall–Kier alpha value is -2.96. The number of para-hydroxylation sites is 1. The first-order chi connectivity index (χ1) is 12.9. The SMILES string of the molecule is CC(=O)c1c(C)nn(CCC(=O)N2CCN(c3ccccc3)C(=O)C2)c1C. The number of anilines is 1. The van der Waals surface area contributed by atoms with Crippen LogP contribution in [0.1, 0.15) is 35.1 Å². The van der Waals surface area contributed by atoms with Crippen LogP contribution in [0, 0.1) is 13.8 Å². The number of hydrogen-bond donors (Lipinski definition) is 0. The van der Waals surface area contributed by atoms with E-state index in [2.05, 4.69) is 5.10 Å².